The molecule has 23 heavy (non-hydrogen) atoms. The molecule has 0 aliphatic carbocycles. The first-order valence-corrected chi connectivity index (χ1v) is 8.13. The molecule has 1 saturated heterocycles. The standard InChI is InChI=1S/C18H23N3O2/c1-14-3-2-4-15(11-14)13-23-16-5-9-21(10-6-16)12-17-18(22)20-8-7-19-17/h2-4,7-8,11,16H,5-6,9-10,12-13H2,1H3,(H,20,22). The van der Waals surface area contributed by atoms with E-state index in [4.69, 9.17) is 4.74 Å². The Morgan fingerprint density at radius 3 is 2.91 bits per heavy atom. The van der Waals surface area contributed by atoms with Crippen molar-refractivity contribution >= 4 is 0 Å². The highest BCUT2D eigenvalue weighted by Crippen LogP contribution is 2.17. The van der Waals surface area contributed by atoms with Crippen LogP contribution in [0.5, 0.6) is 0 Å². The van der Waals surface area contributed by atoms with Gasteiger partial charge in [-0.25, -0.2) is 0 Å². The molecular weight excluding hydrogens is 290 g/mol. The van der Waals surface area contributed by atoms with Crippen molar-refractivity contribution in [3.8, 4) is 0 Å². The van der Waals surface area contributed by atoms with Crippen molar-refractivity contribution in [3.63, 3.8) is 0 Å². The topological polar surface area (TPSA) is 58.2 Å². The lowest BCUT2D eigenvalue weighted by Crippen LogP contribution is -2.38. The summed E-state index contributed by atoms with van der Waals surface area (Å²) >= 11 is 0. The second-order valence-electron chi connectivity index (χ2n) is 6.14. The SMILES string of the molecule is Cc1cccc(COC2CCN(Cc3ncc[nH]c3=O)CC2)c1. The number of likely N-dealkylation sites (tertiary alicyclic amines) is 1. The molecule has 0 spiro atoms. The normalized spacial score (nSPS) is 16.6. The van der Waals surface area contributed by atoms with E-state index in [1.165, 1.54) is 11.1 Å². The predicted molar refractivity (Wildman–Crippen MR) is 89.1 cm³/mol. The molecule has 1 aliphatic heterocycles. The third-order valence-corrected chi connectivity index (χ3v) is 4.26. The highest BCUT2D eigenvalue weighted by atomic mass is 16.5. The van der Waals surface area contributed by atoms with Crippen molar-refractivity contribution < 1.29 is 4.74 Å². The number of ether oxygens (including phenoxy) is 1. The van der Waals surface area contributed by atoms with Gasteiger partial charge < -0.3 is 9.72 Å². The minimum atomic E-state index is -0.0923. The van der Waals surface area contributed by atoms with Gasteiger partial charge in [-0.3, -0.25) is 14.7 Å². The Kier molecular flexibility index (Phi) is 5.20. The highest BCUT2D eigenvalue weighted by molar-refractivity contribution is 5.21. The average molecular weight is 313 g/mol. The lowest BCUT2D eigenvalue weighted by Gasteiger charge is -2.31. The number of benzene rings is 1. The first kappa shape index (κ1) is 15.9. The number of rotatable bonds is 5. The smallest absolute Gasteiger partial charge is 0.270 e. The van der Waals surface area contributed by atoms with Crippen molar-refractivity contribution in [2.24, 2.45) is 0 Å². The molecule has 1 fully saturated rings. The molecule has 0 bridgehead atoms. The summed E-state index contributed by atoms with van der Waals surface area (Å²) in [6.45, 7) is 5.26. The minimum absolute atomic E-state index is 0.0923. The van der Waals surface area contributed by atoms with Crippen LogP contribution in [0.15, 0.2) is 41.5 Å². The molecule has 0 saturated carbocycles. The summed E-state index contributed by atoms with van der Waals surface area (Å²) in [5.74, 6) is 0. The molecule has 0 radical (unpaired) electrons. The van der Waals surface area contributed by atoms with Crippen LogP contribution in [0.25, 0.3) is 0 Å². The van der Waals surface area contributed by atoms with E-state index in [-0.39, 0.29) is 5.56 Å². The second-order valence-corrected chi connectivity index (χ2v) is 6.14. The van der Waals surface area contributed by atoms with Crippen LogP contribution in [-0.2, 0) is 17.9 Å². The molecule has 5 heteroatoms. The van der Waals surface area contributed by atoms with Crippen molar-refractivity contribution in [1.82, 2.24) is 14.9 Å². The van der Waals surface area contributed by atoms with Crippen LogP contribution in [0.2, 0.25) is 0 Å². The molecule has 3 rings (SSSR count). The molecule has 0 amide bonds. The molecule has 0 unspecified atom stereocenters. The van der Waals surface area contributed by atoms with Gasteiger partial charge >= 0.3 is 0 Å². The van der Waals surface area contributed by atoms with E-state index in [1.54, 1.807) is 12.4 Å². The van der Waals surface area contributed by atoms with Crippen molar-refractivity contribution in [2.45, 2.75) is 39.0 Å². The van der Waals surface area contributed by atoms with Crippen LogP contribution in [-0.4, -0.2) is 34.1 Å². The fraction of sp³-hybridized carbons (Fsp3) is 0.444. The Hall–Kier alpha value is -1.98. The van der Waals surface area contributed by atoms with E-state index in [1.807, 2.05) is 0 Å². The number of aryl methyl sites for hydroxylation is 1. The zero-order valence-corrected chi connectivity index (χ0v) is 13.5. The molecule has 1 N–H and O–H groups in total. The summed E-state index contributed by atoms with van der Waals surface area (Å²) in [6, 6.07) is 8.44. The lowest BCUT2D eigenvalue weighted by molar-refractivity contribution is -0.00423. The van der Waals surface area contributed by atoms with E-state index in [0.29, 0.717) is 24.9 Å². The Labute approximate surface area is 136 Å². The number of nitrogens with zero attached hydrogens (tertiary/aromatic N) is 2. The van der Waals surface area contributed by atoms with E-state index in [2.05, 4.69) is 46.1 Å². The van der Waals surface area contributed by atoms with Gasteiger partial charge in [0.25, 0.3) is 5.56 Å². The van der Waals surface area contributed by atoms with Gasteiger partial charge in [0.1, 0.15) is 5.69 Å². The van der Waals surface area contributed by atoms with E-state index in [0.717, 1.165) is 25.9 Å². The number of hydrogen-bond acceptors (Lipinski definition) is 4. The van der Waals surface area contributed by atoms with Gasteiger partial charge in [-0.05, 0) is 25.3 Å². The molecule has 2 heterocycles. The zero-order valence-electron chi connectivity index (χ0n) is 13.5. The van der Waals surface area contributed by atoms with Crippen LogP contribution >= 0.6 is 0 Å². The first-order chi connectivity index (χ1) is 11.2. The van der Waals surface area contributed by atoms with Gasteiger partial charge in [0.05, 0.1) is 12.7 Å². The van der Waals surface area contributed by atoms with Gasteiger partial charge in [0.2, 0.25) is 0 Å². The van der Waals surface area contributed by atoms with Gasteiger partial charge in [0.15, 0.2) is 0 Å². The summed E-state index contributed by atoms with van der Waals surface area (Å²) in [7, 11) is 0. The number of H-pyrrole nitrogens is 1. The Morgan fingerprint density at radius 1 is 1.35 bits per heavy atom. The maximum Gasteiger partial charge on any atom is 0.270 e. The Balaban J connectivity index is 1.45. The number of piperidine rings is 1. The number of hydrogen-bond donors (Lipinski definition) is 1. The van der Waals surface area contributed by atoms with E-state index >= 15 is 0 Å². The lowest BCUT2D eigenvalue weighted by atomic mass is 10.1. The Bertz CT molecular complexity index is 690. The fourth-order valence-corrected chi connectivity index (χ4v) is 2.96. The van der Waals surface area contributed by atoms with Gasteiger partial charge in [0, 0.05) is 32.0 Å². The van der Waals surface area contributed by atoms with E-state index < -0.39 is 0 Å². The molecule has 122 valence electrons. The quantitative estimate of drug-likeness (QED) is 0.920. The maximum atomic E-state index is 11.7. The van der Waals surface area contributed by atoms with Crippen molar-refractivity contribution in [3.05, 3.63) is 63.8 Å². The molecule has 5 nitrogen and oxygen atoms in total. The monoisotopic (exact) mass is 313 g/mol. The van der Waals surface area contributed by atoms with Crippen LogP contribution in [0.3, 0.4) is 0 Å². The highest BCUT2D eigenvalue weighted by Gasteiger charge is 2.20. The van der Waals surface area contributed by atoms with Crippen molar-refractivity contribution in [1.29, 1.82) is 0 Å². The molecule has 1 aliphatic rings. The van der Waals surface area contributed by atoms with Gasteiger partial charge in [-0.1, -0.05) is 29.8 Å². The minimum Gasteiger partial charge on any atom is -0.373 e. The average Bonchev–Trinajstić information content (AvgIpc) is 2.56. The van der Waals surface area contributed by atoms with Crippen LogP contribution < -0.4 is 5.56 Å². The maximum absolute atomic E-state index is 11.7. The molecule has 0 atom stereocenters. The number of aromatic amines is 1. The van der Waals surface area contributed by atoms with E-state index in [9.17, 15) is 4.79 Å². The van der Waals surface area contributed by atoms with Gasteiger partial charge in [-0.15, -0.1) is 0 Å². The summed E-state index contributed by atoms with van der Waals surface area (Å²) in [6.07, 6.45) is 5.49. The first-order valence-electron chi connectivity index (χ1n) is 8.13. The Morgan fingerprint density at radius 2 is 2.17 bits per heavy atom. The van der Waals surface area contributed by atoms with Crippen molar-refractivity contribution in [2.75, 3.05) is 13.1 Å². The molecular formula is C18H23N3O2. The molecule has 1 aromatic heterocycles. The molecule has 1 aromatic carbocycles. The number of aromatic nitrogens is 2. The summed E-state index contributed by atoms with van der Waals surface area (Å²) in [5.41, 5.74) is 2.99. The van der Waals surface area contributed by atoms with Crippen LogP contribution in [0, 0.1) is 6.92 Å². The summed E-state index contributed by atoms with van der Waals surface area (Å²) < 4.78 is 6.04. The third-order valence-electron chi connectivity index (χ3n) is 4.26. The fourth-order valence-electron chi connectivity index (χ4n) is 2.96. The number of nitrogens with one attached hydrogen (secondary N) is 1. The third kappa shape index (κ3) is 4.50. The second kappa shape index (κ2) is 7.53. The largest absolute Gasteiger partial charge is 0.373 e. The summed E-state index contributed by atoms with van der Waals surface area (Å²) in [4.78, 5) is 20.8. The van der Waals surface area contributed by atoms with Crippen LogP contribution in [0.1, 0.15) is 29.7 Å². The summed E-state index contributed by atoms with van der Waals surface area (Å²) in [5, 5.41) is 0. The molecule has 2 aromatic rings. The van der Waals surface area contributed by atoms with Gasteiger partial charge in [-0.2, -0.15) is 0 Å². The predicted octanol–water partition coefficient (Wildman–Crippen LogP) is 2.26. The van der Waals surface area contributed by atoms with Crippen LogP contribution in [0.4, 0.5) is 0 Å². The zero-order chi connectivity index (χ0) is 16.1.